The second-order valence-corrected chi connectivity index (χ2v) is 17.4. The lowest BCUT2D eigenvalue weighted by Crippen LogP contribution is -2.82. The molecule has 3 aliphatic carbocycles. The molecule has 2 unspecified atom stereocenters. The molecule has 15 nitrogen and oxygen atoms in total. The van der Waals surface area contributed by atoms with Gasteiger partial charge in [0.05, 0.1) is 35.6 Å². The van der Waals surface area contributed by atoms with E-state index in [1.165, 1.54) is 26.0 Å². The summed E-state index contributed by atoms with van der Waals surface area (Å²) in [5, 5.41) is 40.2. The van der Waals surface area contributed by atoms with Crippen LogP contribution in [0.25, 0.3) is 0 Å². The Morgan fingerprint density at radius 1 is 0.844 bits per heavy atom. The standard InChI is InChI=1S/C47H51NO14.CH4.B.H2/c1-25-31(60-43(56)36(52)35(28-16-10-7-11-17-28)48-41(54)29-18-12-8-13-19-29)23-47(57)40(61-42(55)30-20-14-9-15-21-30)38-45(6,32(51)22-33-46(38,24-58-33)62-27(3)50)39(53)37(59-26(2)49)34(25)44(47,4)5;;;/h7-21,31-33,35-38,40,51-52,57H,22-24H2,1-6H3,(H,48,54);1H4;;1H/t31?,32-,33+,35?,36+,37+,38-,40-,45+,46-,47+;;;/m0.../s1/i;;;1+1. The number of carbonyl (C=O) groups is 6. The van der Waals surface area contributed by atoms with E-state index in [0.717, 1.165) is 13.8 Å². The topological polar surface area (TPSA) is 221 Å². The Kier molecular flexibility index (Phi) is 14.2. The van der Waals surface area contributed by atoms with E-state index < -0.39 is 113 Å². The molecule has 7 rings (SSSR count). The van der Waals surface area contributed by atoms with Crippen LogP contribution in [0, 0.1) is 16.7 Å². The summed E-state index contributed by atoms with van der Waals surface area (Å²) < 4.78 is 30.3. The van der Waals surface area contributed by atoms with Gasteiger partial charge in [0, 0.05) is 47.5 Å². The van der Waals surface area contributed by atoms with Crippen molar-refractivity contribution >= 4 is 44.0 Å². The summed E-state index contributed by atoms with van der Waals surface area (Å²) in [5.41, 5.74) is -7.02. The highest BCUT2D eigenvalue weighted by Gasteiger charge is 2.78. The molecule has 2 saturated carbocycles. The summed E-state index contributed by atoms with van der Waals surface area (Å²) in [7, 11) is 0. The molecule has 11 atom stereocenters. The van der Waals surface area contributed by atoms with Gasteiger partial charge < -0.3 is 44.3 Å². The lowest BCUT2D eigenvalue weighted by Gasteiger charge is -2.67. The Balaban J connectivity index is 0.00000308. The fraction of sp³-hybridized carbons (Fsp3) is 0.458. The number of hydrogen-bond donors (Lipinski definition) is 4. The van der Waals surface area contributed by atoms with Gasteiger partial charge in [0.15, 0.2) is 23.6 Å². The van der Waals surface area contributed by atoms with Crippen LogP contribution in [0.3, 0.4) is 0 Å². The molecule has 1 saturated heterocycles. The molecule has 64 heavy (non-hydrogen) atoms. The van der Waals surface area contributed by atoms with Gasteiger partial charge in [-0.25, -0.2) is 9.59 Å². The van der Waals surface area contributed by atoms with Gasteiger partial charge in [-0.2, -0.15) is 0 Å². The quantitative estimate of drug-likeness (QED) is 0.0969. The van der Waals surface area contributed by atoms with E-state index in [1.54, 1.807) is 92.7 Å². The fourth-order valence-electron chi connectivity index (χ4n) is 10.2. The SMILES string of the molecule is C.CC(=O)O[C@H]1C(=O)[C@@]2(C)[C@H]([C@H](OC(=O)c3ccccc3)[C@]3(O)CC(OC(=O)[C@H](O)C(NC(=O)c4ccccc4)c4ccccc4)C(C)=C1C3(C)C)[C@]1(OC(C)=O)CO[C@@H]1C[C@@H]2O.[2HH].[B]. The number of hydrogen-bond acceptors (Lipinski definition) is 14. The largest absolute Gasteiger partial charge is 0.456 e. The van der Waals surface area contributed by atoms with Crippen LogP contribution in [-0.2, 0) is 42.9 Å². The number of benzene rings is 3. The molecule has 0 aromatic heterocycles. The third-order valence-electron chi connectivity index (χ3n) is 13.5. The maximum absolute atomic E-state index is 15.5. The van der Waals surface area contributed by atoms with Crippen LogP contribution in [0.4, 0.5) is 0 Å². The fourth-order valence-corrected chi connectivity index (χ4v) is 10.2. The predicted octanol–water partition coefficient (Wildman–Crippen LogP) is 4.24. The summed E-state index contributed by atoms with van der Waals surface area (Å²) in [6.07, 6.45) is -10.5. The zero-order chi connectivity index (χ0) is 44.9. The van der Waals surface area contributed by atoms with Crippen molar-refractivity contribution in [3.8, 4) is 0 Å². The smallest absolute Gasteiger partial charge is 0.338 e. The van der Waals surface area contributed by atoms with E-state index in [-0.39, 0.29) is 52.6 Å². The molecule has 3 aromatic carbocycles. The number of aliphatic hydroxyl groups excluding tert-OH is 2. The van der Waals surface area contributed by atoms with Crippen LogP contribution >= 0.6 is 0 Å². The van der Waals surface area contributed by atoms with Crippen LogP contribution in [0.15, 0.2) is 102 Å². The lowest BCUT2D eigenvalue weighted by atomic mass is 9.44. The summed E-state index contributed by atoms with van der Waals surface area (Å²) in [6.45, 7) is 7.97. The number of fused-ring (bicyclic) bond motifs is 5. The van der Waals surface area contributed by atoms with Gasteiger partial charge in [-0.05, 0) is 54.8 Å². The van der Waals surface area contributed by atoms with Crippen LogP contribution in [0.5, 0.6) is 0 Å². The van der Waals surface area contributed by atoms with Gasteiger partial charge in [-0.15, -0.1) is 0 Å². The van der Waals surface area contributed by atoms with E-state index >= 15 is 4.79 Å². The lowest BCUT2D eigenvalue weighted by molar-refractivity contribution is -0.346. The highest BCUT2D eigenvalue weighted by Crippen LogP contribution is 2.64. The molecule has 2 bridgehead atoms. The maximum atomic E-state index is 15.5. The van der Waals surface area contributed by atoms with Crippen LogP contribution < -0.4 is 5.32 Å². The molecule has 1 aliphatic heterocycles. The van der Waals surface area contributed by atoms with Crippen LogP contribution in [0.1, 0.15) is 95.6 Å². The number of ketones is 1. The molecule has 0 spiro atoms. The average Bonchev–Trinajstić information content (AvgIpc) is 3.24. The van der Waals surface area contributed by atoms with Crippen molar-refractivity contribution in [1.29, 1.82) is 0 Å². The molecular formula is C48H57BNO14. The highest BCUT2D eigenvalue weighted by molar-refractivity contribution is 5.96. The molecule has 3 radical (unpaired) electrons. The van der Waals surface area contributed by atoms with E-state index in [9.17, 15) is 39.3 Å². The van der Waals surface area contributed by atoms with Crippen LogP contribution in [-0.4, -0.2) is 114 Å². The molecule has 1 amide bonds. The average molecular weight is 884 g/mol. The monoisotopic (exact) mass is 883 g/mol. The Labute approximate surface area is 375 Å². The molecule has 3 aromatic rings. The summed E-state index contributed by atoms with van der Waals surface area (Å²) in [5.74, 6) is -6.84. The second-order valence-electron chi connectivity index (χ2n) is 17.4. The van der Waals surface area contributed by atoms with E-state index in [2.05, 4.69) is 5.32 Å². The third-order valence-corrected chi connectivity index (χ3v) is 13.5. The molecule has 4 aliphatic rings. The minimum atomic E-state index is -2.39. The molecule has 16 heteroatoms. The molecule has 3 fully saturated rings. The van der Waals surface area contributed by atoms with Gasteiger partial charge in [-0.1, -0.05) is 88.0 Å². The van der Waals surface area contributed by atoms with Crippen molar-refractivity contribution in [2.45, 2.75) is 116 Å². The Bertz CT molecular complexity index is 2300. The third kappa shape index (κ3) is 8.16. The first-order valence-corrected chi connectivity index (χ1v) is 20.5. The highest BCUT2D eigenvalue weighted by atomic mass is 16.6. The first-order chi connectivity index (χ1) is 29.3. The zero-order valence-corrected chi connectivity index (χ0v) is 35.8. The van der Waals surface area contributed by atoms with Crippen molar-refractivity contribution in [2.24, 2.45) is 16.7 Å². The number of carbonyl (C=O) groups excluding carboxylic acids is 6. The van der Waals surface area contributed by atoms with Gasteiger partial charge in [0.25, 0.3) is 5.91 Å². The number of Topliss-reactive ketones (excluding diaryl/α,β-unsaturated/α-hetero) is 1. The summed E-state index contributed by atoms with van der Waals surface area (Å²) >= 11 is 0. The van der Waals surface area contributed by atoms with Crippen molar-refractivity contribution < 1.29 is 69.2 Å². The zero-order valence-electron chi connectivity index (χ0n) is 35.8. The number of nitrogens with one attached hydrogen (secondary N) is 1. The van der Waals surface area contributed by atoms with Gasteiger partial charge >= 0.3 is 23.9 Å². The van der Waals surface area contributed by atoms with Crippen molar-refractivity contribution in [1.82, 2.24) is 5.32 Å². The number of aliphatic hydroxyl groups is 3. The molecule has 341 valence electrons. The van der Waals surface area contributed by atoms with Crippen LogP contribution in [0.2, 0.25) is 0 Å². The normalized spacial score (nSPS) is 30.9. The minimum absolute atomic E-state index is 0. The number of amides is 1. The van der Waals surface area contributed by atoms with Gasteiger partial charge in [0.1, 0.15) is 23.9 Å². The number of esters is 4. The van der Waals surface area contributed by atoms with Gasteiger partial charge in [-0.3, -0.25) is 19.2 Å². The Morgan fingerprint density at radius 2 is 1.41 bits per heavy atom. The Morgan fingerprint density at radius 3 is 1.94 bits per heavy atom. The van der Waals surface area contributed by atoms with Crippen molar-refractivity contribution in [3.05, 3.63) is 119 Å². The Hall–Kier alpha value is -5.68. The molecule has 4 N–H and O–H groups in total. The predicted molar refractivity (Wildman–Crippen MR) is 232 cm³/mol. The summed E-state index contributed by atoms with van der Waals surface area (Å²) in [6, 6.07) is 22.9. The van der Waals surface area contributed by atoms with E-state index in [0.29, 0.717) is 5.56 Å². The maximum Gasteiger partial charge on any atom is 0.338 e. The number of rotatable bonds is 10. The minimum Gasteiger partial charge on any atom is -0.456 e. The summed E-state index contributed by atoms with van der Waals surface area (Å²) in [4.78, 5) is 83.5. The first kappa shape index (κ1) is 49.3. The molecular weight excluding hydrogens is 825 g/mol. The second kappa shape index (κ2) is 18.4. The molecule has 1 heterocycles. The van der Waals surface area contributed by atoms with Gasteiger partial charge in [0.2, 0.25) is 0 Å². The number of ether oxygens (including phenoxy) is 5. The van der Waals surface area contributed by atoms with Crippen molar-refractivity contribution in [2.75, 3.05) is 6.61 Å². The van der Waals surface area contributed by atoms with E-state index in [4.69, 9.17) is 23.7 Å². The first-order valence-electron chi connectivity index (χ1n) is 20.5. The van der Waals surface area contributed by atoms with E-state index in [1.807, 2.05) is 0 Å². The van der Waals surface area contributed by atoms with Crippen molar-refractivity contribution in [3.63, 3.8) is 0 Å².